The molecule has 0 bridgehead atoms. The minimum atomic E-state index is -3.96. The fraction of sp³-hybridized carbons (Fsp3) is 0.400. The summed E-state index contributed by atoms with van der Waals surface area (Å²) in [5.41, 5.74) is 0. The SMILES string of the molecule is COCCn1c(-c2sccc2OC)nnc1S(N)(=O)=O. The maximum Gasteiger partial charge on any atom is 0.273 e. The van der Waals surface area contributed by atoms with Crippen molar-refractivity contribution < 1.29 is 17.9 Å². The van der Waals surface area contributed by atoms with Crippen LogP contribution in [0, 0.1) is 0 Å². The number of nitrogens with zero attached hydrogens (tertiary/aromatic N) is 3. The summed E-state index contributed by atoms with van der Waals surface area (Å²) in [4.78, 5) is 0.686. The highest BCUT2D eigenvalue weighted by Gasteiger charge is 2.24. The van der Waals surface area contributed by atoms with Crippen LogP contribution in [0.2, 0.25) is 0 Å². The van der Waals surface area contributed by atoms with Crippen LogP contribution in [0.25, 0.3) is 10.7 Å². The molecule has 2 N–H and O–H groups in total. The van der Waals surface area contributed by atoms with E-state index in [-0.39, 0.29) is 11.7 Å². The summed E-state index contributed by atoms with van der Waals surface area (Å²) in [6, 6.07) is 1.77. The Morgan fingerprint density at radius 3 is 2.75 bits per heavy atom. The van der Waals surface area contributed by atoms with Gasteiger partial charge in [0.2, 0.25) is 0 Å². The Morgan fingerprint density at radius 1 is 1.40 bits per heavy atom. The van der Waals surface area contributed by atoms with Crippen molar-refractivity contribution in [3.8, 4) is 16.5 Å². The summed E-state index contributed by atoms with van der Waals surface area (Å²) in [6.45, 7) is 0.576. The van der Waals surface area contributed by atoms with Gasteiger partial charge in [-0.3, -0.25) is 4.57 Å². The molecule has 0 spiro atoms. The van der Waals surface area contributed by atoms with Crippen LogP contribution in [-0.4, -0.2) is 44.0 Å². The van der Waals surface area contributed by atoms with Crippen LogP contribution in [0.3, 0.4) is 0 Å². The second-order valence-electron chi connectivity index (χ2n) is 3.81. The van der Waals surface area contributed by atoms with Crippen LogP contribution in [0.15, 0.2) is 16.6 Å². The van der Waals surface area contributed by atoms with Gasteiger partial charge in [-0.2, -0.15) is 0 Å². The first-order valence-electron chi connectivity index (χ1n) is 5.55. The number of methoxy groups -OCH3 is 2. The summed E-state index contributed by atoms with van der Waals surface area (Å²) in [7, 11) is -0.906. The van der Waals surface area contributed by atoms with E-state index in [9.17, 15) is 8.42 Å². The largest absolute Gasteiger partial charge is 0.495 e. The van der Waals surface area contributed by atoms with Gasteiger partial charge in [0.15, 0.2) is 5.82 Å². The molecule has 2 aromatic heterocycles. The Balaban J connectivity index is 2.56. The first kappa shape index (κ1) is 14.9. The Labute approximate surface area is 120 Å². The molecule has 20 heavy (non-hydrogen) atoms. The molecule has 0 saturated carbocycles. The molecule has 0 aliphatic heterocycles. The molecular weight excluding hydrogens is 304 g/mol. The molecule has 0 fully saturated rings. The highest BCUT2D eigenvalue weighted by Crippen LogP contribution is 2.34. The van der Waals surface area contributed by atoms with Crippen LogP contribution < -0.4 is 9.88 Å². The first-order chi connectivity index (χ1) is 9.49. The van der Waals surface area contributed by atoms with E-state index >= 15 is 0 Å². The van der Waals surface area contributed by atoms with Crippen LogP contribution in [-0.2, 0) is 21.3 Å². The number of primary sulfonamides is 1. The summed E-state index contributed by atoms with van der Waals surface area (Å²) in [5, 5.41) is 14.3. The standard InChI is InChI=1S/C10H14N4O4S2/c1-17-5-4-14-9(8-7(18-2)3-6-19-8)12-13-10(14)20(11,15)16/h3,6H,4-5H2,1-2H3,(H2,11,15,16). The van der Waals surface area contributed by atoms with Crippen molar-refractivity contribution in [3.63, 3.8) is 0 Å². The molecule has 8 nitrogen and oxygen atoms in total. The van der Waals surface area contributed by atoms with Gasteiger partial charge in [-0.25, -0.2) is 13.6 Å². The third kappa shape index (κ3) is 2.82. The Kier molecular flexibility index (Phi) is 4.38. The number of hydrogen-bond acceptors (Lipinski definition) is 7. The first-order valence-corrected chi connectivity index (χ1v) is 7.98. The smallest absolute Gasteiger partial charge is 0.273 e. The molecule has 2 aromatic rings. The predicted octanol–water partition coefficient (Wildman–Crippen LogP) is 0.309. The quantitative estimate of drug-likeness (QED) is 0.821. The fourth-order valence-corrected chi connectivity index (χ4v) is 3.16. The second-order valence-corrected chi connectivity index (χ2v) is 6.19. The maximum absolute atomic E-state index is 11.5. The van der Waals surface area contributed by atoms with E-state index in [4.69, 9.17) is 14.6 Å². The van der Waals surface area contributed by atoms with Gasteiger partial charge in [-0.1, -0.05) is 0 Å². The Hall–Kier alpha value is -1.49. The van der Waals surface area contributed by atoms with Crippen LogP contribution in [0.1, 0.15) is 0 Å². The van der Waals surface area contributed by atoms with Crippen molar-refractivity contribution in [1.82, 2.24) is 14.8 Å². The van der Waals surface area contributed by atoms with Crippen LogP contribution >= 0.6 is 11.3 Å². The lowest BCUT2D eigenvalue weighted by molar-refractivity contribution is 0.185. The van der Waals surface area contributed by atoms with Crippen LogP contribution in [0.4, 0.5) is 0 Å². The zero-order valence-electron chi connectivity index (χ0n) is 10.9. The molecule has 0 aromatic carbocycles. The number of aromatic nitrogens is 3. The third-order valence-corrected chi connectivity index (χ3v) is 4.25. The molecule has 0 radical (unpaired) electrons. The number of hydrogen-bond donors (Lipinski definition) is 1. The number of ether oxygens (including phenoxy) is 2. The lowest BCUT2D eigenvalue weighted by atomic mass is 10.4. The summed E-state index contributed by atoms with van der Waals surface area (Å²) in [5.74, 6) is 0.986. The summed E-state index contributed by atoms with van der Waals surface area (Å²) in [6.07, 6.45) is 0. The van der Waals surface area contributed by atoms with Gasteiger partial charge in [0.1, 0.15) is 10.6 Å². The van der Waals surface area contributed by atoms with Crippen molar-refractivity contribution in [1.29, 1.82) is 0 Å². The monoisotopic (exact) mass is 318 g/mol. The van der Waals surface area contributed by atoms with E-state index < -0.39 is 10.0 Å². The van der Waals surface area contributed by atoms with Crippen molar-refractivity contribution in [2.75, 3.05) is 20.8 Å². The van der Waals surface area contributed by atoms with E-state index in [1.807, 2.05) is 5.38 Å². The number of sulfonamides is 1. The van der Waals surface area contributed by atoms with Crippen molar-refractivity contribution >= 4 is 21.4 Å². The Morgan fingerprint density at radius 2 is 2.15 bits per heavy atom. The topological polar surface area (TPSA) is 109 Å². The van der Waals surface area contributed by atoms with Crippen LogP contribution in [0.5, 0.6) is 5.75 Å². The van der Waals surface area contributed by atoms with E-state index in [1.54, 1.807) is 6.07 Å². The lowest BCUT2D eigenvalue weighted by Crippen LogP contribution is -2.20. The van der Waals surface area contributed by atoms with E-state index in [0.717, 1.165) is 0 Å². The highest BCUT2D eigenvalue weighted by molar-refractivity contribution is 7.89. The molecule has 2 rings (SSSR count). The van der Waals surface area contributed by atoms with Gasteiger partial charge < -0.3 is 9.47 Å². The zero-order chi connectivity index (χ0) is 14.8. The predicted molar refractivity (Wildman–Crippen MR) is 73.1 cm³/mol. The molecule has 2 heterocycles. The molecule has 0 atom stereocenters. The number of rotatable bonds is 6. The summed E-state index contributed by atoms with van der Waals surface area (Å²) < 4.78 is 34.7. The molecule has 110 valence electrons. The van der Waals surface area contributed by atoms with Crippen molar-refractivity contribution in [2.24, 2.45) is 5.14 Å². The lowest BCUT2D eigenvalue weighted by Gasteiger charge is -2.08. The second kappa shape index (κ2) is 5.87. The average molecular weight is 318 g/mol. The van der Waals surface area contributed by atoms with E-state index in [0.29, 0.717) is 23.1 Å². The highest BCUT2D eigenvalue weighted by atomic mass is 32.2. The third-order valence-electron chi connectivity index (χ3n) is 2.54. The van der Waals surface area contributed by atoms with Gasteiger partial charge in [0.25, 0.3) is 15.2 Å². The van der Waals surface area contributed by atoms with Gasteiger partial charge in [0, 0.05) is 7.11 Å². The molecule has 0 saturated heterocycles. The van der Waals surface area contributed by atoms with E-state index in [1.165, 1.54) is 30.1 Å². The van der Waals surface area contributed by atoms with Gasteiger partial charge in [-0.15, -0.1) is 21.5 Å². The van der Waals surface area contributed by atoms with Crippen molar-refractivity contribution in [3.05, 3.63) is 11.4 Å². The number of nitrogens with two attached hydrogens (primary N) is 1. The minimum absolute atomic E-state index is 0.269. The molecular formula is C10H14N4O4S2. The number of thiophene rings is 1. The van der Waals surface area contributed by atoms with Gasteiger partial charge in [0.05, 0.1) is 20.3 Å². The molecule has 0 unspecified atom stereocenters. The fourth-order valence-electron chi connectivity index (χ4n) is 1.67. The molecule has 0 aliphatic carbocycles. The molecule has 0 amide bonds. The normalized spacial score (nSPS) is 11.8. The minimum Gasteiger partial charge on any atom is -0.495 e. The van der Waals surface area contributed by atoms with Gasteiger partial charge >= 0.3 is 0 Å². The zero-order valence-corrected chi connectivity index (χ0v) is 12.6. The Bertz CT molecular complexity index is 692. The average Bonchev–Trinajstić information content (AvgIpc) is 3.00. The van der Waals surface area contributed by atoms with Gasteiger partial charge in [-0.05, 0) is 11.4 Å². The molecule has 10 heteroatoms. The van der Waals surface area contributed by atoms with E-state index in [2.05, 4.69) is 10.2 Å². The van der Waals surface area contributed by atoms with Crippen molar-refractivity contribution in [2.45, 2.75) is 11.7 Å². The summed E-state index contributed by atoms with van der Waals surface area (Å²) >= 11 is 1.37. The molecule has 0 aliphatic rings. The maximum atomic E-state index is 11.5.